The monoisotopic (exact) mass is 416 g/mol. The van der Waals surface area contributed by atoms with Crippen LogP contribution in [0.25, 0.3) is 16.9 Å². The third-order valence-corrected chi connectivity index (χ3v) is 4.60. The summed E-state index contributed by atoms with van der Waals surface area (Å²) in [5.41, 5.74) is 7.55. The first-order chi connectivity index (χ1) is 12.5. The SMILES string of the molecule is CC(CCBr)c1ccnc(-n2cc(-c3ccnc(N)c3[N+](=O)[O-])cn2)c1. The minimum atomic E-state index is -0.532. The highest BCUT2D eigenvalue weighted by Gasteiger charge is 2.21. The van der Waals surface area contributed by atoms with Gasteiger partial charge in [-0.15, -0.1) is 0 Å². The molecule has 3 aromatic rings. The van der Waals surface area contributed by atoms with Crippen molar-refractivity contribution in [3.8, 4) is 16.9 Å². The van der Waals surface area contributed by atoms with E-state index in [9.17, 15) is 10.1 Å². The average Bonchev–Trinajstić information content (AvgIpc) is 3.11. The highest BCUT2D eigenvalue weighted by atomic mass is 79.9. The molecule has 1 unspecified atom stereocenters. The van der Waals surface area contributed by atoms with Gasteiger partial charge in [0.25, 0.3) is 0 Å². The second-order valence-corrected chi connectivity index (χ2v) is 6.64. The summed E-state index contributed by atoms with van der Waals surface area (Å²) in [5.74, 6) is 0.913. The van der Waals surface area contributed by atoms with Crippen LogP contribution in [0.15, 0.2) is 43.0 Å². The molecular weight excluding hydrogens is 400 g/mol. The molecule has 0 spiro atoms. The molecule has 0 aliphatic rings. The molecule has 2 N–H and O–H groups in total. The Balaban J connectivity index is 1.98. The number of nitrogens with two attached hydrogens (primary N) is 1. The Morgan fingerprint density at radius 3 is 2.85 bits per heavy atom. The van der Waals surface area contributed by atoms with Crippen LogP contribution in [-0.4, -0.2) is 30.0 Å². The van der Waals surface area contributed by atoms with E-state index in [4.69, 9.17) is 5.73 Å². The van der Waals surface area contributed by atoms with Crippen molar-refractivity contribution in [2.75, 3.05) is 11.1 Å². The predicted molar refractivity (Wildman–Crippen MR) is 102 cm³/mol. The number of hydrogen-bond donors (Lipinski definition) is 1. The van der Waals surface area contributed by atoms with Gasteiger partial charge in [0, 0.05) is 29.5 Å². The number of rotatable bonds is 6. The number of pyridine rings is 2. The van der Waals surface area contributed by atoms with Gasteiger partial charge in [-0.3, -0.25) is 10.1 Å². The second kappa shape index (κ2) is 7.61. The molecule has 134 valence electrons. The van der Waals surface area contributed by atoms with Gasteiger partial charge in [0.1, 0.15) is 0 Å². The van der Waals surface area contributed by atoms with Gasteiger partial charge in [0.15, 0.2) is 5.82 Å². The van der Waals surface area contributed by atoms with E-state index in [2.05, 4.69) is 37.9 Å². The number of hydrogen-bond acceptors (Lipinski definition) is 6. The number of nitrogens with zero attached hydrogens (tertiary/aromatic N) is 5. The van der Waals surface area contributed by atoms with Gasteiger partial charge in [0.05, 0.1) is 16.7 Å². The van der Waals surface area contributed by atoms with Crippen molar-refractivity contribution in [1.29, 1.82) is 0 Å². The molecule has 0 fully saturated rings. The minimum absolute atomic E-state index is 0.121. The van der Waals surface area contributed by atoms with E-state index in [1.54, 1.807) is 29.3 Å². The maximum atomic E-state index is 11.3. The van der Waals surface area contributed by atoms with Crippen LogP contribution in [0.3, 0.4) is 0 Å². The zero-order chi connectivity index (χ0) is 18.7. The average molecular weight is 417 g/mol. The van der Waals surface area contributed by atoms with Crippen LogP contribution in [0, 0.1) is 10.1 Å². The normalized spacial score (nSPS) is 12.1. The first-order valence-corrected chi connectivity index (χ1v) is 9.09. The van der Waals surface area contributed by atoms with Crippen molar-refractivity contribution >= 4 is 27.4 Å². The van der Waals surface area contributed by atoms with Crippen molar-refractivity contribution in [2.24, 2.45) is 0 Å². The van der Waals surface area contributed by atoms with E-state index < -0.39 is 4.92 Å². The van der Waals surface area contributed by atoms with Crippen LogP contribution in [0.1, 0.15) is 24.8 Å². The Hall–Kier alpha value is -2.81. The molecule has 0 saturated carbocycles. The summed E-state index contributed by atoms with van der Waals surface area (Å²) in [6.07, 6.45) is 7.44. The zero-order valence-electron chi connectivity index (χ0n) is 14.0. The van der Waals surface area contributed by atoms with Crippen LogP contribution in [0.4, 0.5) is 11.5 Å². The van der Waals surface area contributed by atoms with Gasteiger partial charge >= 0.3 is 5.69 Å². The smallest absolute Gasteiger partial charge is 0.319 e. The number of nitrogen functional groups attached to an aromatic ring is 1. The molecule has 9 heteroatoms. The van der Waals surface area contributed by atoms with Crippen LogP contribution in [0.5, 0.6) is 0 Å². The second-order valence-electron chi connectivity index (χ2n) is 5.85. The zero-order valence-corrected chi connectivity index (χ0v) is 15.6. The predicted octanol–water partition coefficient (Wildman–Crippen LogP) is 3.71. The third kappa shape index (κ3) is 3.57. The van der Waals surface area contributed by atoms with E-state index in [1.165, 1.54) is 6.20 Å². The van der Waals surface area contributed by atoms with E-state index >= 15 is 0 Å². The first-order valence-electron chi connectivity index (χ1n) is 7.97. The summed E-state index contributed by atoms with van der Waals surface area (Å²) >= 11 is 3.46. The molecule has 8 nitrogen and oxygen atoms in total. The lowest BCUT2D eigenvalue weighted by molar-refractivity contribution is -0.383. The number of halogens is 1. The Bertz CT molecular complexity index is 943. The topological polar surface area (TPSA) is 113 Å². The highest BCUT2D eigenvalue weighted by Crippen LogP contribution is 2.33. The fourth-order valence-corrected chi connectivity index (χ4v) is 3.37. The summed E-state index contributed by atoms with van der Waals surface area (Å²) < 4.78 is 1.60. The van der Waals surface area contributed by atoms with Crippen molar-refractivity contribution < 1.29 is 4.92 Å². The molecule has 0 aliphatic heterocycles. The summed E-state index contributed by atoms with van der Waals surface area (Å²) in [6, 6.07) is 5.51. The summed E-state index contributed by atoms with van der Waals surface area (Å²) in [7, 11) is 0. The molecule has 26 heavy (non-hydrogen) atoms. The molecule has 0 saturated heterocycles. The number of nitro groups is 1. The van der Waals surface area contributed by atoms with Gasteiger partial charge in [-0.2, -0.15) is 5.10 Å². The molecule has 3 aromatic heterocycles. The minimum Gasteiger partial charge on any atom is -0.378 e. The van der Waals surface area contributed by atoms with Crippen LogP contribution >= 0.6 is 15.9 Å². The first kappa shape index (κ1) is 18.0. The molecule has 0 bridgehead atoms. The number of anilines is 1. The molecule has 0 amide bonds. The van der Waals surface area contributed by atoms with Crippen LogP contribution < -0.4 is 5.73 Å². The quantitative estimate of drug-likeness (QED) is 0.372. The molecule has 0 aliphatic carbocycles. The molecule has 3 rings (SSSR count). The van der Waals surface area contributed by atoms with Gasteiger partial charge in [-0.05, 0) is 36.1 Å². The lowest BCUT2D eigenvalue weighted by Gasteiger charge is -2.11. The fourth-order valence-electron chi connectivity index (χ4n) is 2.68. The van der Waals surface area contributed by atoms with E-state index in [-0.39, 0.29) is 11.5 Å². The van der Waals surface area contributed by atoms with Crippen LogP contribution in [0.2, 0.25) is 0 Å². The molecular formula is C17H17BrN6O2. The maximum Gasteiger partial charge on any atom is 0.319 e. The van der Waals surface area contributed by atoms with E-state index in [1.807, 2.05) is 12.1 Å². The summed E-state index contributed by atoms with van der Waals surface area (Å²) in [5, 5.41) is 16.5. The standard InChI is InChI=1S/C17H17BrN6O2/c1-11(2-5-18)12-3-6-20-15(8-12)23-10-13(9-22-23)14-4-7-21-17(19)16(14)24(25)26/h3-4,6-11H,2,5H2,1H3,(H2,19,21). The van der Waals surface area contributed by atoms with Crippen molar-refractivity contribution in [1.82, 2.24) is 19.7 Å². The Morgan fingerprint density at radius 2 is 2.12 bits per heavy atom. The highest BCUT2D eigenvalue weighted by molar-refractivity contribution is 9.09. The molecule has 0 radical (unpaired) electrons. The molecule has 1 atom stereocenters. The van der Waals surface area contributed by atoms with Crippen molar-refractivity contribution in [3.05, 3.63) is 58.7 Å². The lowest BCUT2D eigenvalue weighted by atomic mass is 10.00. The number of aromatic nitrogens is 4. The van der Waals surface area contributed by atoms with Crippen molar-refractivity contribution in [2.45, 2.75) is 19.3 Å². The van der Waals surface area contributed by atoms with Crippen molar-refractivity contribution in [3.63, 3.8) is 0 Å². The maximum absolute atomic E-state index is 11.3. The Kier molecular flexibility index (Phi) is 5.27. The van der Waals surface area contributed by atoms with Gasteiger partial charge < -0.3 is 5.73 Å². The van der Waals surface area contributed by atoms with E-state index in [0.29, 0.717) is 22.9 Å². The molecule has 0 aromatic carbocycles. The summed E-state index contributed by atoms with van der Waals surface area (Å²) in [6.45, 7) is 2.15. The van der Waals surface area contributed by atoms with E-state index in [0.717, 1.165) is 17.3 Å². The molecule has 3 heterocycles. The van der Waals surface area contributed by atoms with Gasteiger partial charge in [0.2, 0.25) is 5.82 Å². The lowest BCUT2D eigenvalue weighted by Crippen LogP contribution is -2.01. The third-order valence-electron chi connectivity index (χ3n) is 4.14. The number of alkyl halides is 1. The van der Waals surface area contributed by atoms with Gasteiger partial charge in [-0.25, -0.2) is 14.6 Å². The Morgan fingerprint density at radius 1 is 1.35 bits per heavy atom. The van der Waals surface area contributed by atoms with Crippen LogP contribution in [-0.2, 0) is 0 Å². The summed E-state index contributed by atoms with van der Waals surface area (Å²) in [4.78, 5) is 18.9. The Labute approximate surface area is 158 Å². The fraction of sp³-hybridized carbons (Fsp3) is 0.235. The largest absolute Gasteiger partial charge is 0.378 e. The van der Waals surface area contributed by atoms with Gasteiger partial charge in [-0.1, -0.05) is 22.9 Å².